The highest BCUT2D eigenvalue weighted by Gasteiger charge is 2.12. The molecule has 0 fully saturated rings. The number of fused-ring (bicyclic) bond motifs is 1. The molecule has 2 aromatic carbocycles. The van der Waals surface area contributed by atoms with E-state index in [0.717, 1.165) is 28.5 Å². The number of carbonyl (C=O) groups excluding carboxylic acids is 2. The van der Waals surface area contributed by atoms with Crippen molar-refractivity contribution in [3.8, 4) is 0 Å². The van der Waals surface area contributed by atoms with Gasteiger partial charge in [0.15, 0.2) is 0 Å². The Morgan fingerprint density at radius 3 is 2.60 bits per heavy atom. The third-order valence-electron chi connectivity index (χ3n) is 3.82. The predicted octanol–water partition coefficient (Wildman–Crippen LogP) is 2.82. The first-order chi connectivity index (χ1) is 12.2. The van der Waals surface area contributed by atoms with Gasteiger partial charge in [-0.15, -0.1) is 0 Å². The summed E-state index contributed by atoms with van der Waals surface area (Å²) in [4.78, 5) is 26.8. The molecular weight excluding hydrogens is 316 g/mol. The highest BCUT2D eigenvalue weighted by Crippen LogP contribution is 2.15. The Kier molecular flexibility index (Phi) is 4.89. The van der Waals surface area contributed by atoms with E-state index in [2.05, 4.69) is 20.8 Å². The molecule has 6 heteroatoms. The maximum Gasteiger partial charge on any atom is 0.329 e. The predicted molar refractivity (Wildman–Crippen MR) is 98.5 cm³/mol. The van der Waals surface area contributed by atoms with Gasteiger partial charge in [-0.3, -0.25) is 9.59 Å². The van der Waals surface area contributed by atoms with Crippen LogP contribution >= 0.6 is 0 Å². The van der Waals surface area contributed by atoms with E-state index in [1.807, 2.05) is 43.3 Å². The molecular formula is C19H18N4O2. The van der Waals surface area contributed by atoms with Crippen molar-refractivity contribution in [1.82, 2.24) is 10.4 Å². The van der Waals surface area contributed by atoms with E-state index in [4.69, 9.17) is 0 Å². The Morgan fingerprint density at radius 2 is 1.84 bits per heavy atom. The number of hydrogen-bond donors (Lipinski definition) is 3. The molecule has 0 radical (unpaired) electrons. The Hall–Kier alpha value is -3.41. The topological polar surface area (TPSA) is 86.3 Å². The van der Waals surface area contributed by atoms with Crippen LogP contribution in [0.2, 0.25) is 0 Å². The molecule has 25 heavy (non-hydrogen) atoms. The molecule has 0 spiro atoms. The van der Waals surface area contributed by atoms with Crippen molar-refractivity contribution in [2.75, 3.05) is 5.32 Å². The minimum absolute atomic E-state index is 0.568. The van der Waals surface area contributed by atoms with E-state index < -0.39 is 11.8 Å². The SMILES string of the molecule is CCc1ccc(NC(=O)C(=O)N/N=C\c2c[nH]c3ccccc23)cc1. The van der Waals surface area contributed by atoms with Crippen LogP contribution in [0.3, 0.4) is 0 Å². The zero-order chi connectivity index (χ0) is 17.6. The monoisotopic (exact) mass is 334 g/mol. The average Bonchev–Trinajstić information content (AvgIpc) is 3.05. The Balaban J connectivity index is 1.58. The molecule has 0 bridgehead atoms. The van der Waals surface area contributed by atoms with Gasteiger partial charge in [-0.25, -0.2) is 5.43 Å². The van der Waals surface area contributed by atoms with E-state index >= 15 is 0 Å². The van der Waals surface area contributed by atoms with Crippen molar-refractivity contribution in [3.63, 3.8) is 0 Å². The number of hydrogen-bond acceptors (Lipinski definition) is 3. The van der Waals surface area contributed by atoms with Crippen LogP contribution < -0.4 is 10.7 Å². The van der Waals surface area contributed by atoms with Crippen molar-refractivity contribution in [2.45, 2.75) is 13.3 Å². The van der Waals surface area contributed by atoms with E-state index in [0.29, 0.717) is 5.69 Å². The number of amides is 2. The molecule has 0 aliphatic rings. The standard InChI is InChI=1S/C19H18N4O2/c1-2-13-7-9-15(10-8-13)22-18(24)19(25)23-21-12-14-11-20-17-6-4-3-5-16(14)17/h3-12,20H,2H2,1H3,(H,22,24)(H,23,25)/b21-12-. The second kappa shape index (κ2) is 7.44. The summed E-state index contributed by atoms with van der Waals surface area (Å²) >= 11 is 0. The van der Waals surface area contributed by atoms with Crippen LogP contribution in [0, 0.1) is 0 Å². The van der Waals surface area contributed by atoms with Gasteiger partial charge in [0.2, 0.25) is 0 Å². The molecule has 3 rings (SSSR count). The number of hydrazone groups is 1. The lowest BCUT2D eigenvalue weighted by Crippen LogP contribution is -2.32. The molecule has 2 amide bonds. The Labute approximate surface area is 144 Å². The second-order valence-electron chi connectivity index (χ2n) is 5.49. The molecule has 1 heterocycles. The lowest BCUT2D eigenvalue weighted by molar-refractivity contribution is -0.136. The average molecular weight is 334 g/mol. The number of carbonyl (C=O) groups is 2. The number of nitrogens with one attached hydrogen (secondary N) is 3. The van der Waals surface area contributed by atoms with E-state index in [-0.39, 0.29) is 0 Å². The van der Waals surface area contributed by atoms with Crippen LogP contribution in [0.4, 0.5) is 5.69 Å². The first-order valence-electron chi connectivity index (χ1n) is 7.97. The molecule has 0 aliphatic heterocycles. The number of rotatable bonds is 4. The van der Waals surface area contributed by atoms with Crippen molar-refractivity contribution < 1.29 is 9.59 Å². The zero-order valence-electron chi connectivity index (χ0n) is 13.7. The third kappa shape index (κ3) is 3.92. The van der Waals surface area contributed by atoms with Gasteiger partial charge in [-0.05, 0) is 30.2 Å². The fraction of sp³-hybridized carbons (Fsp3) is 0.105. The van der Waals surface area contributed by atoms with E-state index in [9.17, 15) is 9.59 Å². The number of aryl methyl sites for hydroxylation is 1. The molecule has 6 nitrogen and oxygen atoms in total. The summed E-state index contributed by atoms with van der Waals surface area (Å²) < 4.78 is 0. The van der Waals surface area contributed by atoms with Gasteiger partial charge in [-0.2, -0.15) is 5.10 Å². The summed E-state index contributed by atoms with van der Waals surface area (Å²) in [5, 5.41) is 7.37. The maximum absolute atomic E-state index is 11.9. The van der Waals surface area contributed by atoms with Crippen LogP contribution in [0.15, 0.2) is 59.8 Å². The molecule has 3 N–H and O–H groups in total. The molecule has 0 aliphatic carbocycles. The van der Waals surface area contributed by atoms with Gasteiger partial charge in [0, 0.05) is 28.4 Å². The molecule has 0 atom stereocenters. The molecule has 0 saturated heterocycles. The number of anilines is 1. The second-order valence-corrected chi connectivity index (χ2v) is 5.49. The number of H-pyrrole nitrogens is 1. The van der Waals surface area contributed by atoms with Crippen molar-refractivity contribution in [2.24, 2.45) is 5.10 Å². The smallest absolute Gasteiger partial charge is 0.329 e. The molecule has 126 valence electrons. The summed E-state index contributed by atoms with van der Waals surface area (Å²) in [6.07, 6.45) is 4.20. The van der Waals surface area contributed by atoms with Crippen LogP contribution in [0.25, 0.3) is 10.9 Å². The number of benzene rings is 2. The fourth-order valence-electron chi connectivity index (χ4n) is 2.42. The Bertz CT molecular complexity index is 926. The minimum Gasteiger partial charge on any atom is -0.361 e. The van der Waals surface area contributed by atoms with Crippen LogP contribution in [-0.2, 0) is 16.0 Å². The summed E-state index contributed by atoms with van der Waals surface area (Å²) in [6.45, 7) is 2.05. The quantitative estimate of drug-likeness (QED) is 0.389. The van der Waals surface area contributed by atoms with Gasteiger partial charge >= 0.3 is 11.8 Å². The van der Waals surface area contributed by atoms with Gasteiger partial charge < -0.3 is 10.3 Å². The zero-order valence-corrected chi connectivity index (χ0v) is 13.7. The first-order valence-corrected chi connectivity index (χ1v) is 7.97. The lowest BCUT2D eigenvalue weighted by atomic mass is 10.1. The maximum atomic E-state index is 11.9. The molecule has 0 saturated carbocycles. The third-order valence-corrected chi connectivity index (χ3v) is 3.82. The van der Waals surface area contributed by atoms with Crippen molar-refractivity contribution >= 4 is 34.6 Å². The number of aromatic nitrogens is 1. The van der Waals surface area contributed by atoms with Gasteiger partial charge in [-0.1, -0.05) is 37.3 Å². The minimum atomic E-state index is -0.823. The summed E-state index contributed by atoms with van der Waals surface area (Å²) in [5.41, 5.74) is 5.76. The van der Waals surface area contributed by atoms with Gasteiger partial charge in [0.05, 0.1) is 6.21 Å². The summed E-state index contributed by atoms with van der Waals surface area (Å²) in [5.74, 6) is -1.59. The number of nitrogens with zero attached hydrogens (tertiary/aromatic N) is 1. The van der Waals surface area contributed by atoms with E-state index in [1.165, 1.54) is 6.21 Å². The van der Waals surface area contributed by atoms with Crippen LogP contribution in [0.5, 0.6) is 0 Å². The van der Waals surface area contributed by atoms with E-state index in [1.54, 1.807) is 18.3 Å². The molecule has 1 aromatic heterocycles. The van der Waals surface area contributed by atoms with Crippen LogP contribution in [0.1, 0.15) is 18.1 Å². The van der Waals surface area contributed by atoms with Crippen molar-refractivity contribution in [3.05, 3.63) is 65.9 Å². The summed E-state index contributed by atoms with van der Waals surface area (Å²) in [6, 6.07) is 15.1. The fourth-order valence-corrected chi connectivity index (χ4v) is 2.42. The lowest BCUT2D eigenvalue weighted by Gasteiger charge is -2.04. The highest BCUT2D eigenvalue weighted by molar-refractivity contribution is 6.39. The van der Waals surface area contributed by atoms with Crippen molar-refractivity contribution in [1.29, 1.82) is 0 Å². The number of aromatic amines is 1. The largest absolute Gasteiger partial charge is 0.361 e. The normalized spacial score (nSPS) is 10.9. The van der Waals surface area contributed by atoms with Gasteiger partial charge in [0.1, 0.15) is 0 Å². The molecule has 3 aromatic rings. The Morgan fingerprint density at radius 1 is 1.08 bits per heavy atom. The highest BCUT2D eigenvalue weighted by atomic mass is 16.2. The molecule has 0 unspecified atom stereocenters. The number of para-hydroxylation sites is 1. The van der Waals surface area contributed by atoms with Gasteiger partial charge in [0.25, 0.3) is 0 Å². The first kappa shape index (κ1) is 16.4. The van der Waals surface area contributed by atoms with Crippen LogP contribution in [-0.4, -0.2) is 23.0 Å². The summed E-state index contributed by atoms with van der Waals surface area (Å²) in [7, 11) is 0.